The summed E-state index contributed by atoms with van der Waals surface area (Å²) in [6.07, 6.45) is -1.52. The zero-order chi connectivity index (χ0) is 14.0. The zero-order valence-corrected chi connectivity index (χ0v) is 11.5. The van der Waals surface area contributed by atoms with E-state index in [-0.39, 0.29) is 0 Å². The Morgan fingerprint density at radius 1 is 1.42 bits per heavy atom. The average Bonchev–Trinajstić information content (AvgIpc) is 2.82. The van der Waals surface area contributed by atoms with Crippen molar-refractivity contribution in [3.8, 4) is 6.07 Å². The molecule has 2 saturated heterocycles. The standard InChI is InChI=1S/C13H21NO5/c1-4-5-6-16-10-9(8(15)7-14)17-12-11(10)18-13(2,3)19-12/h8-12,15H,4-6H2,1-3H3/t8-,9+,10?,11?,12+/m0/s1. The van der Waals surface area contributed by atoms with Crippen LogP contribution in [0.25, 0.3) is 0 Å². The Bertz CT molecular complexity index is 353. The molecule has 0 aromatic rings. The fourth-order valence-electron chi connectivity index (χ4n) is 2.39. The molecule has 19 heavy (non-hydrogen) atoms. The lowest BCUT2D eigenvalue weighted by molar-refractivity contribution is -0.226. The fraction of sp³-hybridized carbons (Fsp3) is 0.923. The van der Waals surface area contributed by atoms with E-state index in [1.807, 2.05) is 0 Å². The number of aliphatic hydroxyl groups is 1. The van der Waals surface area contributed by atoms with Crippen molar-refractivity contribution < 1.29 is 24.1 Å². The highest BCUT2D eigenvalue weighted by Gasteiger charge is 2.57. The van der Waals surface area contributed by atoms with Crippen molar-refractivity contribution in [3.05, 3.63) is 0 Å². The number of fused-ring (bicyclic) bond motifs is 1. The minimum atomic E-state index is -1.24. The third-order valence-electron chi connectivity index (χ3n) is 3.28. The van der Waals surface area contributed by atoms with Crippen LogP contribution in [0.5, 0.6) is 0 Å². The highest BCUT2D eigenvalue weighted by molar-refractivity contribution is 5.02. The molecule has 108 valence electrons. The van der Waals surface area contributed by atoms with Crippen molar-refractivity contribution >= 4 is 0 Å². The summed E-state index contributed by atoms with van der Waals surface area (Å²) in [5, 5.41) is 18.5. The van der Waals surface area contributed by atoms with Crippen molar-refractivity contribution in [1.82, 2.24) is 0 Å². The van der Waals surface area contributed by atoms with E-state index in [9.17, 15) is 5.11 Å². The first kappa shape index (κ1) is 14.7. The van der Waals surface area contributed by atoms with Crippen LogP contribution in [0.1, 0.15) is 33.6 Å². The fourth-order valence-corrected chi connectivity index (χ4v) is 2.39. The van der Waals surface area contributed by atoms with Crippen LogP contribution in [0.2, 0.25) is 0 Å². The number of nitrogens with zero attached hydrogens (tertiary/aromatic N) is 1. The smallest absolute Gasteiger partial charge is 0.190 e. The third-order valence-corrected chi connectivity index (χ3v) is 3.28. The van der Waals surface area contributed by atoms with Gasteiger partial charge in [0.25, 0.3) is 0 Å². The maximum Gasteiger partial charge on any atom is 0.190 e. The van der Waals surface area contributed by atoms with Gasteiger partial charge in [-0.25, -0.2) is 0 Å². The number of hydrogen-bond donors (Lipinski definition) is 1. The van der Waals surface area contributed by atoms with E-state index in [0.29, 0.717) is 6.61 Å². The Labute approximate surface area is 113 Å². The summed E-state index contributed by atoms with van der Waals surface area (Å²) < 4.78 is 22.7. The molecular formula is C13H21NO5. The Morgan fingerprint density at radius 3 is 2.79 bits per heavy atom. The van der Waals surface area contributed by atoms with Gasteiger partial charge in [0.1, 0.15) is 18.3 Å². The first-order valence-corrected chi connectivity index (χ1v) is 6.69. The van der Waals surface area contributed by atoms with E-state index in [4.69, 9.17) is 24.2 Å². The molecule has 0 aromatic heterocycles. The summed E-state index contributed by atoms with van der Waals surface area (Å²) in [7, 11) is 0. The molecule has 6 nitrogen and oxygen atoms in total. The van der Waals surface area contributed by atoms with Gasteiger partial charge in [0.05, 0.1) is 6.07 Å². The number of unbranched alkanes of at least 4 members (excludes halogenated alkanes) is 1. The quantitative estimate of drug-likeness (QED) is 0.592. The van der Waals surface area contributed by atoms with Gasteiger partial charge < -0.3 is 24.1 Å². The monoisotopic (exact) mass is 271 g/mol. The molecule has 0 aliphatic carbocycles. The Hall–Kier alpha value is -0.710. The minimum absolute atomic E-state index is 0.403. The first-order valence-electron chi connectivity index (χ1n) is 6.69. The van der Waals surface area contributed by atoms with Gasteiger partial charge >= 0.3 is 0 Å². The molecule has 2 aliphatic rings. The summed E-state index contributed by atoms with van der Waals surface area (Å²) in [6, 6.07) is 1.78. The maximum atomic E-state index is 9.69. The molecule has 0 saturated carbocycles. The van der Waals surface area contributed by atoms with Crippen LogP contribution in [0, 0.1) is 11.3 Å². The second-order valence-electron chi connectivity index (χ2n) is 5.33. The molecule has 2 fully saturated rings. The minimum Gasteiger partial charge on any atom is -0.375 e. The Kier molecular flexibility index (Phi) is 4.43. The topological polar surface area (TPSA) is 80.9 Å². The van der Waals surface area contributed by atoms with Crippen molar-refractivity contribution in [2.45, 2.75) is 70.1 Å². The third kappa shape index (κ3) is 3.07. The lowest BCUT2D eigenvalue weighted by atomic mass is 10.1. The summed E-state index contributed by atoms with van der Waals surface area (Å²) in [5.41, 5.74) is 0. The van der Waals surface area contributed by atoms with Gasteiger partial charge in [-0.05, 0) is 20.3 Å². The lowest BCUT2D eigenvalue weighted by Gasteiger charge is -2.26. The molecule has 2 heterocycles. The second kappa shape index (κ2) is 5.73. The molecule has 0 aromatic carbocycles. The predicted octanol–water partition coefficient (Wildman–Crippen LogP) is 0.933. The molecule has 2 rings (SSSR count). The van der Waals surface area contributed by atoms with Crippen LogP contribution in [-0.4, -0.2) is 48.2 Å². The van der Waals surface area contributed by atoms with E-state index in [2.05, 4.69) is 6.92 Å². The first-order chi connectivity index (χ1) is 8.98. The molecule has 2 unspecified atom stereocenters. The SMILES string of the molecule is CCCCOC1C2OC(C)(C)O[C@H]2O[C@@H]1[C@@H](O)C#N. The molecule has 6 heteroatoms. The zero-order valence-electron chi connectivity index (χ0n) is 11.5. The molecule has 0 radical (unpaired) electrons. The molecule has 0 amide bonds. The average molecular weight is 271 g/mol. The van der Waals surface area contributed by atoms with Gasteiger partial charge in [-0.2, -0.15) is 5.26 Å². The normalized spacial score (nSPS) is 37.8. The number of nitriles is 1. The van der Waals surface area contributed by atoms with Crippen LogP contribution >= 0.6 is 0 Å². The number of aliphatic hydroxyl groups excluding tert-OH is 1. The van der Waals surface area contributed by atoms with Crippen LogP contribution in [-0.2, 0) is 18.9 Å². The summed E-state index contributed by atoms with van der Waals surface area (Å²) >= 11 is 0. The van der Waals surface area contributed by atoms with E-state index < -0.39 is 36.5 Å². The largest absolute Gasteiger partial charge is 0.375 e. The van der Waals surface area contributed by atoms with Gasteiger partial charge in [-0.1, -0.05) is 13.3 Å². The van der Waals surface area contributed by atoms with Crippen molar-refractivity contribution in [1.29, 1.82) is 5.26 Å². The van der Waals surface area contributed by atoms with Gasteiger partial charge in [0.2, 0.25) is 0 Å². The highest BCUT2D eigenvalue weighted by Crippen LogP contribution is 2.39. The molecule has 1 N–H and O–H groups in total. The maximum absolute atomic E-state index is 9.69. The van der Waals surface area contributed by atoms with Crippen molar-refractivity contribution in [2.24, 2.45) is 0 Å². The van der Waals surface area contributed by atoms with Gasteiger partial charge in [0.15, 0.2) is 18.2 Å². The van der Waals surface area contributed by atoms with Crippen molar-refractivity contribution in [3.63, 3.8) is 0 Å². The van der Waals surface area contributed by atoms with Crippen LogP contribution in [0.15, 0.2) is 0 Å². The van der Waals surface area contributed by atoms with Gasteiger partial charge in [-0.3, -0.25) is 0 Å². The summed E-state index contributed by atoms with van der Waals surface area (Å²) in [6.45, 7) is 6.21. The number of ether oxygens (including phenoxy) is 4. The van der Waals surface area contributed by atoms with E-state index >= 15 is 0 Å². The van der Waals surface area contributed by atoms with E-state index in [0.717, 1.165) is 12.8 Å². The van der Waals surface area contributed by atoms with E-state index in [1.54, 1.807) is 19.9 Å². The second-order valence-corrected chi connectivity index (χ2v) is 5.33. The lowest BCUT2D eigenvalue weighted by Crippen LogP contribution is -2.42. The Morgan fingerprint density at radius 2 is 2.16 bits per heavy atom. The van der Waals surface area contributed by atoms with Crippen LogP contribution in [0.3, 0.4) is 0 Å². The summed E-state index contributed by atoms with van der Waals surface area (Å²) in [5.74, 6) is -0.732. The van der Waals surface area contributed by atoms with Gasteiger partial charge in [-0.15, -0.1) is 0 Å². The van der Waals surface area contributed by atoms with Gasteiger partial charge in [0, 0.05) is 6.61 Å². The molecule has 2 aliphatic heterocycles. The highest BCUT2D eigenvalue weighted by atomic mass is 16.8. The molecular weight excluding hydrogens is 250 g/mol. The Balaban J connectivity index is 2.05. The molecule has 5 atom stereocenters. The number of hydrogen-bond acceptors (Lipinski definition) is 6. The van der Waals surface area contributed by atoms with Crippen LogP contribution < -0.4 is 0 Å². The van der Waals surface area contributed by atoms with Crippen LogP contribution in [0.4, 0.5) is 0 Å². The predicted molar refractivity (Wildman–Crippen MR) is 65.0 cm³/mol. The molecule has 0 spiro atoms. The van der Waals surface area contributed by atoms with Crippen molar-refractivity contribution in [2.75, 3.05) is 6.61 Å². The molecule has 0 bridgehead atoms. The summed E-state index contributed by atoms with van der Waals surface area (Å²) in [4.78, 5) is 0. The van der Waals surface area contributed by atoms with E-state index in [1.165, 1.54) is 0 Å². The number of rotatable bonds is 5.